The Morgan fingerprint density at radius 1 is 0.544 bits per heavy atom. The van der Waals surface area contributed by atoms with Crippen LogP contribution >= 0.6 is 0 Å². The van der Waals surface area contributed by atoms with Crippen molar-refractivity contribution >= 4 is 50.4 Å². The largest absolute Gasteiger partial charge is 0.313 e. The van der Waals surface area contributed by atoms with Crippen LogP contribution in [0.15, 0.2) is 256 Å². The Bertz CT molecular complexity index is 3400. The molecular formula is C66H56N2. The fourth-order valence-electron chi connectivity index (χ4n) is 9.34. The standard InChI is InChI=1S/C66H56N2/c1-6-10-14-22-49-43-57(50(9-4)23-12-8-3)46-58(44-49)53-37-41-61(42-38-53)67(60-39-35-52(36-40-60)55-34-33-51-24-18-19-25-54(51)45-55)62-29-20-26-56(47-62)63-30-21-32-65-66(63)48(5)64(31-15-11-7-2)68(65)59-27-16-13-17-28-59/h6-30,32-47H,2-3,31H2,1,4-5H3/b10-6-,15-11-,22-14+,23-12-,50-9+. The minimum Gasteiger partial charge on any atom is -0.313 e. The monoisotopic (exact) mass is 876 g/mol. The number of fused-ring (bicyclic) bond motifs is 2. The van der Waals surface area contributed by atoms with Crippen molar-refractivity contribution in [2.24, 2.45) is 0 Å². The summed E-state index contributed by atoms with van der Waals surface area (Å²) in [4.78, 5) is 2.38. The number of para-hydroxylation sites is 1. The number of hydrogen-bond acceptors (Lipinski definition) is 1. The van der Waals surface area contributed by atoms with E-state index in [1.54, 1.807) is 0 Å². The lowest BCUT2D eigenvalue weighted by Gasteiger charge is -2.26. The average molecular weight is 877 g/mol. The number of anilines is 3. The Labute approximate surface area is 402 Å². The van der Waals surface area contributed by atoms with Crippen molar-refractivity contribution in [1.29, 1.82) is 0 Å². The fraction of sp³-hybridized carbons (Fsp3) is 0.0606. The molecular weight excluding hydrogens is 821 g/mol. The maximum atomic E-state index is 3.93. The first kappa shape index (κ1) is 44.7. The van der Waals surface area contributed by atoms with Crippen LogP contribution in [0.1, 0.15) is 36.2 Å². The van der Waals surface area contributed by atoms with Crippen LogP contribution in [0.5, 0.6) is 0 Å². The van der Waals surface area contributed by atoms with Gasteiger partial charge in [0.25, 0.3) is 0 Å². The lowest BCUT2D eigenvalue weighted by atomic mass is 9.95. The van der Waals surface area contributed by atoms with Gasteiger partial charge in [0.2, 0.25) is 0 Å². The Morgan fingerprint density at radius 3 is 1.96 bits per heavy atom. The summed E-state index contributed by atoms with van der Waals surface area (Å²) in [5, 5.41) is 3.74. The Kier molecular flexibility index (Phi) is 13.7. The van der Waals surface area contributed by atoms with Crippen LogP contribution in [-0.2, 0) is 6.42 Å². The van der Waals surface area contributed by atoms with Crippen LogP contribution in [0.4, 0.5) is 17.1 Å². The van der Waals surface area contributed by atoms with Gasteiger partial charge in [-0.05, 0) is 166 Å². The Balaban J connectivity index is 1.16. The average Bonchev–Trinajstić information content (AvgIpc) is 3.68. The van der Waals surface area contributed by atoms with E-state index in [0.717, 1.165) is 62.6 Å². The predicted octanol–water partition coefficient (Wildman–Crippen LogP) is 18.6. The third kappa shape index (κ3) is 9.45. The molecule has 0 amide bonds. The third-order valence-electron chi connectivity index (χ3n) is 12.6. The van der Waals surface area contributed by atoms with Gasteiger partial charge in [0.15, 0.2) is 0 Å². The first-order chi connectivity index (χ1) is 33.5. The van der Waals surface area contributed by atoms with Crippen LogP contribution < -0.4 is 4.90 Å². The van der Waals surface area contributed by atoms with Crippen molar-refractivity contribution in [2.45, 2.75) is 27.2 Å². The van der Waals surface area contributed by atoms with E-state index >= 15 is 0 Å². The third-order valence-corrected chi connectivity index (χ3v) is 12.6. The van der Waals surface area contributed by atoms with E-state index < -0.39 is 0 Å². The van der Waals surface area contributed by atoms with Crippen molar-refractivity contribution in [1.82, 2.24) is 4.57 Å². The molecule has 0 aliphatic carbocycles. The summed E-state index contributed by atoms with van der Waals surface area (Å²) in [7, 11) is 0. The minimum atomic E-state index is 0.793. The number of hydrogen-bond donors (Lipinski definition) is 0. The van der Waals surface area contributed by atoms with Gasteiger partial charge in [-0.15, -0.1) is 0 Å². The SMILES string of the molecule is C=C/C=C\Cc1c(C)c2c(-c3cccc(N(c4ccc(-c5cc(/C=C/C=C\C)cc(C(/C=C\C=C)=C/C)c5)cc4)c4ccc(-c5ccc6ccccc6c5)cc4)c3)cccc2n1-c1ccccc1. The molecule has 0 N–H and O–H groups in total. The number of aryl methyl sites for hydroxylation is 1. The molecule has 8 aromatic carbocycles. The van der Waals surface area contributed by atoms with Gasteiger partial charge in [-0.3, -0.25) is 0 Å². The summed E-state index contributed by atoms with van der Waals surface area (Å²) < 4.78 is 2.42. The van der Waals surface area contributed by atoms with Crippen molar-refractivity contribution in [3.05, 3.63) is 278 Å². The number of rotatable bonds is 15. The summed E-state index contributed by atoms with van der Waals surface area (Å²) >= 11 is 0. The summed E-state index contributed by atoms with van der Waals surface area (Å²) in [6.45, 7) is 14.2. The molecule has 330 valence electrons. The number of benzene rings is 8. The highest BCUT2D eigenvalue weighted by Crippen LogP contribution is 2.42. The van der Waals surface area contributed by atoms with Gasteiger partial charge in [0.1, 0.15) is 0 Å². The van der Waals surface area contributed by atoms with Gasteiger partial charge < -0.3 is 9.47 Å². The van der Waals surface area contributed by atoms with Crippen molar-refractivity contribution < 1.29 is 0 Å². The molecule has 1 aromatic heterocycles. The van der Waals surface area contributed by atoms with Crippen LogP contribution in [0, 0.1) is 6.92 Å². The molecule has 0 bridgehead atoms. The zero-order valence-corrected chi connectivity index (χ0v) is 39.2. The van der Waals surface area contributed by atoms with Gasteiger partial charge in [0, 0.05) is 40.3 Å². The van der Waals surface area contributed by atoms with E-state index in [9.17, 15) is 0 Å². The predicted molar refractivity (Wildman–Crippen MR) is 296 cm³/mol. The molecule has 0 saturated carbocycles. The molecule has 2 nitrogen and oxygen atoms in total. The van der Waals surface area contributed by atoms with Gasteiger partial charge in [-0.1, -0.05) is 183 Å². The molecule has 0 spiro atoms. The fourth-order valence-corrected chi connectivity index (χ4v) is 9.34. The molecule has 0 aliphatic heterocycles. The van der Waals surface area contributed by atoms with E-state index in [1.165, 1.54) is 49.6 Å². The Hall–Kier alpha value is -8.46. The first-order valence-corrected chi connectivity index (χ1v) is 23.4. The van der Waals surface area contributed by atoms with Gasteiger partial charge in [0.05, 0.1) is 5.52 Å². The number of aromatic nitrogens is 1. The van der Waals surface area contributed by atoms with Crippen molar-refractivity contribution in [2.75, 3.05) is 4.90 Å². The van der Waals surface area contributed by atoms with Crippen molar-refractivity contribution in [3.8, 4) is 39.1 Å². The normalized spacial score (nSPS) is 12.1. The zero-order chi connectivity index (χ0) is 46.8. The van der Waals surface area contributed by atoms with Crippen molar-refractivity contribution in [3.63, 3.8) is 0 Å². The van der Waals surface area contributed by atoms with Gasteiger partial charge >= 0.3 is 0 Å². The second-order valence-electron chi connectivity index (χ2n) is 16.9. The molecule has 0 atom stereocenters. The van der Waals surface area contributed by atoms with Crippen LogP contribution in [0.25, 0.3) is 72.4 Å². The summed E-state index contributed by atoms with van der Waals surface area (Å²) in [6, 6.07) is 66.5. The Morgan fingerprint density at radius 2 is 1.24 bits per heavy atom. The molecule has 68 heavy (non-hydrogen) atoms. The molecule has 0 saturated heterocycles. The molecule has 1 heterocycles. The number of nitrogens with zero attached hydrogens (tertiary/aromatic N) is 2. The lowest BCUT2D eigenvalue weighted by Crippen LogP contribution is -2.10. The molecule has 0 unspecified atom stereocenters. The highest BCUT2D eigenvalue weighted by molar-refractivity contribution is 6.01. The lowest BCUT2D eigenvalue weighted by molar-refractivity contribution is 0.990. The summed E-state index contributed by atoms with van der Waals surface area (Å²) in [6.07, 6.45) is 23.3. The smallest absolute Gasteiger partial charge is 0.0540 e. The highest BCUT2D eigenvalue weighted by atomic mass is 15.1. The topological polar surface area (TPSA) is 8.17 Å². The quantitative estimate of drug-likeness (QED) is 0.0932. The van der Waals surface area contributed by atoms with E-state index in [4.69, 9.17) is 0 Å². The molecule has 9 rings (SSSR count). The maximum Gasteiger partial charge on any atom is 0.0540 e. The molecule has 0 fully saturated rings. The molecule has 0 radical (unpaired) electrons. The van der Waals surface area contributed by atoms with E-state index in [2.05, 4.69) is 255 Å². The van der Waals surface area contributed by atoms with E-state index in [0.29, 0.717) is 0 Å². The maximum absolute atomic E-state index is 3.93. The van der Waals surface area contributed by atoms with Gasteiger partial charge in [-0.2, -0.15) is 0 Å². The zero-order valence-electron chi connectivity index (χ0n) is 39.2. The summed E-state index contributed by atoms with van der Waals surface area (Å²) in [5.41, 5.74) is 18.6. The highest BCUT2D eigenvalue weighted by Gasteiger charge is 2.20. The number of allylic oxidation sites excluding steroid dienone is 11. The van der Waals surface area contributed by atoms with Crippen LogP contribution in [0.2, 0.25) is 0 Å². The van der Waals surface area contributed by atoms with E-state index in [-0.39, 0.29) is 0 Å². The molecule has 2 heteroatoms. The molecule has 9 aromatic rings. The van der Waals surface area contributed by atoms with Crippen LogP contribution in [0.3, 0.4) is 0 Å². The molecule has 0 aliphatic rings. The van der Waals surface area contributed by atoms with E-state index in [1.807, 2.05) is 37.3 Å². The first-order valence-electron chi connectivity index (χ1n) is 23.4. The van der Waals surface area contributed by atoms with Gasteiger partial charge in [-0.25, -0.2) is 0 Å². The second kappa shape index (κ2) is 20.8. The summed E-state index contributed by atoms with van der Waals surface area (Å²) in [5.74, 6) is 0. The minimum absolute atomic E-state index is 0.793. The second-order valence-corrected chi connectivity index (χ2v) is 16.9. The van der Waals surface area contributed by atoms with Crippen LogP contribution in [-0.4, -0.2) is 4.57 Å².